The Morgan fingerprint density at radius 2 is 1.96 bits per heavy atom. The van der Waals surface area contributed by atoms with Gasteiger partial charge in [-0.1, -0.05) is 36.2 Å². The van der Waals surface area contributed by atoms with Crippen molar-refractivity contribution in [3.05, 3.63) is 33.8 Å². The molecule has 2 aliphatic heterocycles. The van der Waals surface area contributed by atoms with Crippen LogP contribution in [0, 0.1) is 5.92 Å². The van der Waals surface area contributed by atoms with Crippen molar-refractivity contribution in [3.8, 4) is 0 Å². The van der Waals surface area contributed by atoms with E-state index in [1.807, 2.05) is 31.0 Å². The van der Waals surface area contributed by atoms with Crippen molar-refractivity contribution in [1.29, 1.82) is 0 Å². The summed E-state index contributed by atoms with van der Waals surface area (Å²) in [5, 5.41) is 4.89. The largest absolute Gasteiger partial charge is 0.342 e. The van der Waals surface area contributed by atoms with Gasteiger partial charge < -0.3 is 10.2 Å². The van der Waals surface area contributed by atoms with Crippen LogP contribution in [0.1, 0.15) is 38.2 Å². The molecule has 3 nitrogen and oxygen atoms in total. The van der Waals surface area contributed by atoms with E-state index in [0.717, 1.165) is 18.4 Å². The molecule has 2 saturated heterocycles. The van der Waals surface area contributed by atoms with Crippen molar-refractivity contribution in [2.24, 2.45) is 5.92 Å². The molecule has 5 heteroatoms. The predicted octanol–water partition coefficient (Wildman–Crippen LogP) is 3.91. The first-order valence-corrected chi connectivity index (χ1v) is 9.16. The van der Waals surface area contributed by atoms with Crippen molar-refractivity contribution in [2.45, 2.75) is 57.2 Å². The number of amides is 1. The Labute approximate surface area is 148 Å². The normalized spacial score (nSPS) is 27.7. The highest BCUT2D eigenvalue weighted by Gasteiger charge is 2.37. The third-order valence-electron chi connectivity index (χ3n) is 5.31. The third-order valence-corrected chi connectivity index (χ3v) is 5.89. The highest BCUT2D eigenvalue weighted by molar-refractivity contribution is 6.35. The average molecular weight is 355 g/mol. The summed E-state index contributed by atoms with van der Waals surface area (Å²) in [7, 11) is 1.96. The molecule has 1 amide bonds. The second kappa shape index (κ2) is 7.00. The number of carbonyl (C=O) groups is 1. The fourth-order valence-electron chi connectivity index (χ4n) is 3.98. The standard InChI is InChI=1S/C18H24Cl2N2O/c1-11(7-12-3-4-13(19)8-17(12)20)18(23)22(2)16-9-14-5-6-15(10-16)21-14/h3-4,8,11,14-16,21H,5-7,9-10H2,1-2H3. The molecule has 0 saturated carbocycles. The molecular weight excluding hydrogens is 331 g/mol. The van der Waals surface area contributed by atoms with Gasteiger partial charge in [0.15, 0.2) is 0 Å². The van der Waals surface area contributed by atoms with Crippen molar-refractivity contribution < 1.29 is 4.79 Å². The summed E-state index contributed by atoms with van der Waals surface area (Å²) in [6.45, 7) is 1.99. The molecule has 1 aromatic rings. The van der Waals surface area contributed by atoms with Gasteiger partial charge in [-0.3, -0.25) is 4.79 Å². The number of benzene rings is 1. The maximum absolute atomic E-state index is 12.8. The lowest BCUT2D eigenvalue weighted by Gasteiger charge is -2.36. The van der Waals surface area contributed by atoms with Crippen LogP contribution in [0.4, 0.5) is 0 Å². The van der Waals surface area contributed by atoms with E-state index in [1.165, 1.54) is 12.8 Å². The second-order valence-electron chi connectivity index (χ2n) is 7.05. The molecule has 3 rings (SSSR count). The van der Waals surface area contributed by atoms with Crippen LogP contribution >= 0.6 is 23.2 Å². The summed E-state index contributed by atoms with van der Waals surface area (Å²) in [4.78, 5) is 14.8. The molecule has 0 spiro atoms. The van der Waals surface area contributed by atoms with Crippen LogP contribution in [0.5, 0.6) is 0 Å². The Morgan fingerprint density at radius 1 is 1.30 bits per heavy atom. The minimum Gasteiger partial charge on any atom is -0.342 e. The summed E-state index contributed by atoms with van der Waals surface area (Å²) in [5.41, 5.74) is 0.982. The van der Waals surface area contributed by atoms with Crippen LogP contribution in [0.2, 0.25) is 10.0 Å². The Balaban J connectivity index is 1.62. The van der Waals surface area contributed by atoms with Crippen LogP contribution in [0.15, 0.2) is 18.2 Å². The molecule has 0 aromatic heterocycles. The minimum absolute atomic E-state index is 0.0776. The van der Waals surface area contributed by atoms with Crippen LogP contribution in [0.3, 0.4) is 0 Å². The Bertz CT molecular complexity index is 580. The van der Waals surface area contributed by atoms with Gasteiger partial charge in [0.25, 0.3) is 0 Å². The lowest BCUT2D eigenvalue weighted by atomic mass is 9.95. The van der Waals surface area contributed by atoms with Gasteiger partial charge in [0.2, 0.25) is 5.91 Å². The van der Waals surface area contributed by atoms with Gasteiger partial charge in [-0.15, -0.1) is 0 Å². The van der Waals surface area contributed by atoms with Crippen LogP contribution < -0.4 is 5.32 Å². The van der Waals surface area contributed by atoms with E-state index in [4.69, 9.17) is 23.2 Å². The molecule has 1 aromatic carbocycles. The summed E-state index contributed by atoms with van der Waals surface area (Å²) < 4.78 is 0. The summed E-state index contributed by atoms with van der Waals surface area (Å²) in [6, 6.07) is 7.03. The maximum atomic E-state index is 12.8. The first kappa shape index (κ1) is 17.1. The van der Waals surface area contributed by atoms with Gasteiger partial charge in [-0.25, -0.2) is 0 Å². The Hall–Kier alpha value is -0.770. The van der Waals surface area contributed by atoms with Crippen molar-refractivity contribution in [3.63, 3.8) is 0 Å². The zero-order valence-electron chi connectivity index (χ0n) is 13.7. The first-order valence-electron chi connectivity index (χ1n) is 8.40. The van der Waals surface area contributed by atoms with Gasteiger partial charge >= 0.3 is 0 Å². The van der Waals surface area contributed by atoms with Crippen LogP contribution in [0.25, 0.3) is 0 Å². The van der Waals surface area contributed by atoms with E-state index in [9.17, 15) is 4.79 Å². The molecular formula is C18H24Cl2N2O. The molecule has 3 atom stereocenters. The van der Waals surface area contributed by atoms with Crippen molar-refractivity contribution in [2.75, 3.05) is 7.05 Å². The average Bonchev–Trinajstić information content (AvgIpc) is 2.86. The van der Waals surface area contributed by atoms with E-state index >= 15 is 0 Å². The first-order chi connectivity index (χ1) is 10.9. The number of hydrogen-bond acceptors (Lipinski definition) is 2. The Kier molecular flexibility index (Phi) is 5.19. The minimum atomic E-state index is -0.0776. The summed E-state index contributed by atoms with van der Waals surface area (Å²) in [5.74, 6) is 0.133. The molecule has 2 aliphatic rings. The fourth-order valence-corrected chi connectivity index (χ4v) is 4.46. The second-order valence-corrected chi connectivity index (χ2v) is 7.90. The van der Waals surface area contributed by atoms with E-state index in [0.29, 0.717) is 34.6 Å². The van der Waals surface area contributed by atoms with E-state index in [1.54, 1.807) is 6.07 Å². The lowest BCUT2D eigenvalue weighted by molar-refractivity contribution is -0.136. The molecule has 2 heterocycles. The fraction of sp³-hybridized carbons (Fsp3) is 0.611. The number of piperidine rings is 1. The van der Waals surface area contributed by atoms with Crippen molar-refractivity contribution >= 4 is 29.1 Å². The van der Waals surface area contributed by atoms with Gasteiger partial charge in [0, 0.05) is 41.1 Å². The molecule has 126 valence electrons. The number of carbonyl (C=O) groups excluding carboxylic acids is 1. The van der Waals surface area contributed by atoms with Gasteiger partial charge in [-0.05, 0) is 49.8 Å². The SMILES string of the molecule is CC(Cc1ccc(Cl)cc1Cl)C(=O)N(C)C1CC2CCC(C1)N2. The summed E-state index contributed by atoms with van der Waals surface area (Å²) in [6.07, 6.45) is 5.30. The lowest BCUT2D eigenvalue weighted by Crippen LogP contribution is -2.50. The zero-order valence-corrected chi connectivity index (χ0v) is 15.2. The van der Waals surface area contributed by atoms with Gasteiger partial charge in [0.05, 0.1) is 0 Å². The third kappa shape index (κ3) is 3.84. The van der Waals surface area contributed by atoms with E-state index in [2.05, 4.69) is 5.32 Å². The monoisotopic (exact) mass is 354 g/mol. The smallest absolute Gasteiger partial charge is 0.225 e. The topological polar surface area (TPSA) is 32.3 Å². The molecule has 3 unspecified atom stereocenters. The van der Waals surface area contributed by atoms with Crippen molar-refractivity contribution in [1.82, 2.24) is 10.2 Å². The van der Waals surface area contributed by atoms with Gasteiger partial charge in [-0.2, -0.15) is 0 Å². The van der Waals surface area contributed by atoms with Crippen LogP contribution in [-0.2, 0) is 11.2 Å². The molecule has 0 aliphatic carbocycles. The number of halogens is 2. The molecule has 23 heavy (non-hydrogen) atoms. The van der Waals surface area contributed by atoms with Crippen LogP contribution in [-0.4, -0.2) is 36.0 Å². The number of rotatable bonds is 4. The summed E-state index contributed by atoms with van der Waals surface area (Å²) >= 11 is 12.2. The number of hydrogen-bond donors (Lipinski definition) is 1. The number of nitrogens with one attached hydrogen (secondary N) is 1. The quantitative estimate of drug-likeness (QED) is 0.888. The molecule has 0 radical (unpaired) electrons. The highest BCUT2D eigenvalue weighted by atomic mass is 35.5. The number of fused-ring (bicyclic) bond motifs is 2. The van der Waals surface area contributed by atoms with E-state index < -0.39 is 0 Å². The maximum Gasteiger partial charge on any atom is 0.225 e. The predicted molar refractivity (Wildman–Crippen MR) is 95.1 cm³/mol. The van der Waals surface area contributed by atoms with Gasteiger partial charge in [0.1, 0.15) is 0 Å². The van der Waals surface area contributed by atoms with E-state index in [-0.39, 0.29) is 11.8 Å². The zero-order chi connectivity index (χ0) is 16.6. The Morgan fingerprint density at radius 3 is 2.57 bits per heavy atom. The molecule has 2 fully saturated rings. The number of nitrogens with zero attached hydrogens (tertiary/aromatic N) is 1. The highest BCUT2D eigenvalue weighted by Crippen LogP contribution is 2.30. The molecule has 2 bridgehead atoms. The molecule has 1 N–H and O–H groups in total.